The Morgan fingerprint density at radius 3 is 2.41 bits per heavy atom. The van der Waals surface area contributed by atoms with Crippen LogP contribution in [-0.4, -0.2) is 30.2 Å². The summed E-state index contributed by atoms with van der Waals surface area (Å²) in [6.45, 7) is 1.36. The lowest BCUT2D eigenvalue weighted by molar-refractivity contribution is -0.385. The molecule has 7 heteroatoms. The molecule has 1 rings (SSSR count). The fourth-order valence-corrected chi connectivity index (χ4v) is 1.18. The van der Waals surface area contributed by atoms with Crippen LogP contribution in [0.1, 0.15) is 15.9 Å². The first-order valence-electron chi connectivity index (χ1n) is 4.45. The third-order valence-electron chi connectivity index (χ3n) is 1.95. The Hall–Kier alpha value is -2.02. The van der Waals surface area contributed by atoms with E-state index in [1.54, 1.807) is 0 Å². The van der Waals surface area contributed by atoms with Crippen molar-refractivity contribution in [3.63, 3.8) is 0 Å². The minimum Gasteiger partial charge on any atom is -0.465 e. The summed E-state index contributed by atoms with van der Waals surface area (Å²) in [5.41, 5.74) is -0.479. The molecule has 0 amide bonds. The molecule has 0 aromatic heterocycles. The fraction of sp³-hybridized carbons (Fsp3) is 0.300. The molecule has 1 aromatic rings. The van der Waals surface area contributed by atoms with Gasteiger partial charge in [-0.15, -0.1) is 0 Å². The zero-order valence-electron chi connectivity index (χ0n) is 9.56. The van der Waals surface area contributed by atoms with Crippen LogP contribution < -0.4 is 0 Å². The van der Waals surface area contributed by atoms with E-state index in [2.05, 4.69) is 4.74 Å². The maximum atomic E-state index is 13.0. The number of rotatable bonds is 2. The maximum Gasteiger partial charge on any atom is 0.338 e. The van der Waals surface area contributed by atoms with E-state index in [0.29, 0.717) is 0 Å². The van der Waals surface area contributed by atoms with Gasteiger partial charge < -0.3 is 9.84 Å². The highest BCUT2D eigenvalue weighted by molar-refractivity contribution is 5.92. The van der Waals surface area contributed by atoms with Crippen LogP contribution in [0.15, 0.2) is 12.1 Å². The number of ether oxygens (including phenoxy) is 1. The Bertz CT molecular complexity index is 433. The predicted molar refractivity (Wildman–Crippen MR) is 57.3 cm³/mol. The number of nitro groups is 1. The van der Waals surface area contributed by atoms with E-state index < -0.39 is 22.4 Å². The van der Waals surface area contributed by atoms with E-state index in [-0.39, 0.29) is 11.1 Å². The van der Waals surface area contributed by atoms with Crippen molar-refractivity contribution >= 4 is 11.7 Å². The molecule has 1 N–H and O–H groups in total. The molecule has 6 nitrogen and oxygen atoms in total. The van der Waals surface area contributed by atoms with E-state index in [0.717, 1.165) is 26.4 Å². The van der Waals surface area contributed by atoms with Crippen molar-refractivity contribution in [2.24, 2.45) is 0 Å². The topological polar surface area (TPSA) is 89.7 Å². The van der Waals surface area contributed by atoms with Crippen molar-refractivity contribution in [3.8, 4) is 0 Å². The van der Waals surface area contributed by atoms with Gasteiger partial charge in [-0.25, -0.2) is 9.18 Å². The number of esters is 1. The molecule has 0 aliphatic heterocycles. The molecule has 0 aliphatic carbocycles. The number of carbonyl (C=O) groups is 1. The Balaban J connectivity index is 0.00000121. The number of methoxy groups -OCH3 is 1. The first-order chi connectivity index (χ1) is 7.97. The van der Waals surface area contributed by atoms with Crippen LogP contribution in [0.25, 0.3) is 0 Å². The number of aliphatic hydroxyl groups is 1. The van der Waals surface area contributed by atoms with Gasteiger partial charge in [0.2, 0.25) is 0 Å². The second-order valence-electron chi connectivity index (χ2n) is 2.85. The SMILES string of the molecule is CO.COC(=O)c1cc(F)cc([N+](=O)[O-])c1C. The van der Waals surface area contributed by atoms with E-state index in [4.69, 9.17) is 5.11 Å². The number of nitrogens with zero attached hydrogens (tertiary/aromatic N) is 1. The van der Waals surface area contributed by atoms with Gasteiger partial charge in [0.15, 0.2) is 0 Å². The van der Waals surface area contributed by atoms with Gasteiger partial charge in [0.25, 0.3) is 5.69 Å². The Morgan fingerprint density at radius 1 is 1.47 bits per heavy atom. The standard InChI is InChI=1S/C9H8FNO4.CH4O/c1-5-7(9(12)15-2)3-6(10)4-8(5)11(13)14;1-2/h3-4H,1-2H3;2H,1H3. The number of aliphatic hydroxyl groups excluding tert-OH is 1. The molecule has 0 saturated heterocycles. The Morgan fingerprint density at radius 2 is 2.00 bits per heavy atom. The summed E-state index contributed by atoms with van der Waals surface area (Å²) >= 11 is 0. The lowest BCUT2D eigenvalue weighted by atomic mass is 10.1. The average Bonchev–Trinajstić information content (AvgIpc) is 2.33. The van der Waals surface area contributed by atoms with Gasteiger partial charge in [-0.1, -0.05) is 0 Å². The number of carbonyl (C=O) groups excluding carboxylic acids is 1. The summed E-state index contributed by atoms with van der Waals surface area (Å²) < 4.78 is 17.3. The second kappa shape index (κ2) is 6.54. The molecule has 0 radical (unpaired) electrons. The molecule has 0 saturated carbocycles. The minimum atomic E-state index is -0.840. The molecule has 94 valence electrons. The fourth-order valence-electron chi connectivity index (χ4n) is 1.18. The summed E-state index contributed by atoms with van der Waals surface area (Å²) in [6.07, 6.45) is 0. The highest BCUT2D eigenvalue weighted by Gasteiger charge is 2.20. The summed E-state index contributed by atoms with van der Waals surface area (Å²) in [4.78, 5) is 20.9. The van der Waals surface area contributed by atoms with Crippen molar-refractivity contribution in [2.45, 2.75) is 6.92 Å². The molecule has 0 unspecified atom stereocenters. The van der Waals surface area contributed by atoms with Crippen LogP contribution in [0.2, 0.25) is 0 Å². The zero-order chi connectivity index (χ0) is 13.6. The molecule has 0 aliphatic rings. The number of benzene rings is 1. The predicted octanol–water partition coefficient (Wildman–Crippen LogP) is 1.44. The van der Waals surface area contributed by atoms with Crippen molar-refractivity contribution in [1.82, 2.24) is 0 Å². The van der Waals surface area contributed by atoms with Crippen molar-refractivity contribution in [3.05, 3.63) is 39.2 Å². The van der Waals surface area contributed by atoms with Gasteiger partial charge in [0.05, 0.1) is 23.7 Å². The summed E-state index contributed by atoms with van der Waals surface area (Å²) in [5.74, 6) is -1.64. The molecule has 17 heavy (non-hydrogen) atoms. The number of halogens is 1. The first kappa shape index (κ1) is 15.0. The average molecular weight is 245 g/mol. The normalized spacial score (nSPS) is 9.00. The molecular formula is C10H12FNO5. The lowest BCUT2D eigenvalue weighted by Gasteiger charge is -2.04. The molecule has 0 heterocycles. The van der Waals surface area contributed by atoms with Crippen LogP contribution in [-0.2, 0) is 4.74 Å². The van der Waals surface area contributed by atoms with Gasteiger partial charge in [-0.3, -0.25) is 10.1 Å². The third-order valence-corrected chi connectivity index (χ3v) is 1.95. The number of nitro benzene ring substituents is 1. The molecule has 0 fully saturated rings. The summed E-state index contributed by atoms with van der Waals surface area (Å²) in [5, 5.41) is 17.5. The maximum absolute atomic E-state index is 13.0. The molecule has 1 aromatic carbocycles. The van der Waals surface area contributed by atoms with Gasteiger partial charge in [0, 0.05) is 12.7 Å². The van der Waals surface area contributed by atoms with Gasteiger partial charge in [-0.2, -0.15) is 0 Å². The third kappa shape index (κ3) is 3.49. The largest absolute Gasteiger partial charge is 0.465 e. The quantitative estimate of drug-likeness (QED) is 0.483. The summed E-state index contributed by atoms with van der Waals surface area (Å²) in [7, 11) is 2.12. The van der Waals surface area contributed by atoms with E-state index in [9.17, 15) is 19.3 Å². The van der Waals surface area contributed by atoms with E-state index in [1.165, 1.54) is 6.92 Å². The van der Waals surface area contributed by atoms with Crippen LogP contribution in [0.4, 0.5) is 10.1 Å². The van der Waals surface area contributed by atoms with Crippen LogP contribution in [0.3, 0.4) is 0 Å². The highest BCUT2D eigenvalue weighted by Crippen LogP contribution is 2.23. The number of hydrogen-bond donors (Lipinski definition) is 1. The van der Waals surface area contributed by atoms with Crippen molar-refractivity contribution in [2.75, 3.05) is 14.2 Å². The van der Waals surface area contributed by atoms with E-state index in [1.807, 2.05) is 0 Å². The van der Waals surface area contributed by atoms with Crippen LogP contribution >= 0.6 is 0 Å². The van der Waals surface area contributed by atoms with Gasteiger partial charge in [-0.05, 0) is 13.0 Å². The van der Waals surface area contributed by atoms with Crippen molar-refractivity contribution < 1.29 is 24.0 Å². The Labute approximate surface area is 96.8 Å². The Kier molecular flexibility index (Phi) is 5.76. The van der Waals surface area contributed by atoms with E-state index >= 15 is 0 Å². The molecule has 0 atom stereocenters. The first-order valence-corrected chi connectivity index (χ1v) is 4.45. The summed E-state index contributed by atoms with van der Waals surface area (Å²) in [6, 6.07) is 1.68. The van der Waals surface area contributed by atoms with Gasteiger partial charge >= 0.3 is 5.97 Å². The highest BCUT2D eigenvalue weighted by atomic mass is 19.1. The van der Waals surface area contributed by atoms with Crippen LogP contribution in [0, 0.1) is 22.9 Å². The zero-order valence-corrected chi connectivity index (χ0v) is 9.56. The second-order valence-corrected chi connectivity index (χ2v) is 2.85. The van der Waals surface area contributed by atoms with Crippen molar-refractivity contribution in [1.29, 1.82) is 0 Å². The molecular weight excluding hydrogens is 233 g/mol. The number of hydrogen-bond acceptors (Lipinski definition) is 5. The van der Waals surface area contributed by atoms with Crippen LogP contribution in [0.5, 0.6) is 0 Å². The monoisotopic (exact) mass is 245 g/mol. The lowest BCUT2D eigenvalue weighted by Crippen LogP contribution is -2.06. The van der Waals surface area contributed by atoms with Gasteiger partial charge in [0.1, 0.15) is 5.82 Å². The minimum absolute atomic E-state index is 0.0910. The molecule has 0 spiro atoms. The molecule has 0 bridgehead atoms. The smallest absolute Gasteiger partial charge is 0.338 e.